The van der Waals surface area contributed by atoms with Gasteiger partial charge >= 0.3 is 0 Å². The minimum Gasteiger partial charge on any atom is -0.373 e. The van der Waals surface area contributed by atoms with Crippen LogP contribution in [0, 0.1) is 0 Å². The molecule has 114 valence electrons. The molecule has 3 heterocycles. The van der Waals surface area contributed by atoms with Crippen LogP contribution in [-0.4, -0.2) is 47.1 Å². The lowest BCUT2D eigenvalue weighted by molar-refractivity contribution is 0.192. The van der Waals surface area contributed by atoms with Crippen LogP contribution in [0.5, 0.6) is 0 Å². The molecule has 3 fully saturated rings. The van der Waals surface area contributed by atoms with Gasteiger partial charge in [0, 0.05) is 37.7 Å². The van der Waals surface area contributed by atoms with Crippen LogP contribution < -0.4 is 10.6 Å². The van der Waals surface area contributed by atoms with Crippen molar-refractivity contribution < 1.29 is 0 Å². The molecule has 4 rings (SSSR count). The molecule has 2 aliphatic heterocycles. The van der Waals surface area contributed by atoms with E-state index in [1.807, 2.05) is 7.05 Å². The lowest BCUT2D eigenvalue weighted by Gasteiger charge is -2.32. The van der Waals surface area contributed by atoms with Crippen LogP contribution >= 0.6 is 0 Å². The van der Waals surface area contributed by atoms with Crippen molar-refractivity contribution in [2.24, 2.45) is 0 Å². The highest BCUT2D eigenvalue weighted by Crippen LogP contribution is 2.39. The fourth-order valence-corrected chi connectivity index (χ4v) is 3.80. The maximum absolute atomic E-state index is 4.76. The Kier molecular flexibility index (Phi) is 3.45. The molecule has 1 aromatic heterocycles. The predicted molar refractivity (Wildman–Crippen MR) is 84.8 cm³/mol. The Bertz CT molecular complexity index is 513. The van der Waals surface area contributed by atoms with Gasteiger partial charge in [-0.1, -0.05) is 6.42 Å². The van der Waals surface area contributed by atoms with E-state index in [2.05, 4.69) is 26.6 Å². The van der Waals surface area contributed by atoms with Gasteiger partial charge in [-0.2, -0.15) is 0 Å². The molecule has 1 aromatic rings. The summed E-state index contributed by atoms with van der Waals surface area (Å²) >= 11 is 0. The summed E-state index contributed by atoms with van der Waals surface area (Å²) in [6.45, 7) is 2.52. The first-order valence-corrected chi connectivity index (χ1v) is 8.41. The number of fused-ring (bicyclic) bond motifs is 1. The highest BCUT2D eigenvalue weighted by Gasteiger charge is 2.36. The first kappa shape index (κ1) is 13.3. The molecule has 5 heteroatoms. The van der Waals surface area contributed by atoms with Crippen molar-refractivity contribution in [1.29, 1.82) is 0 Å². The van der Waals surface area contributed by atoms with E-state index in [0.29, 0.717) is 18.0 Å². The SMILES string of the molecule is CNc1cc(NC2CCN3CCCCC23)nc(C2CC2)n1. The lowest BCUT2D eigenvalue weighted by atomic mass is 9.99. The summed E-state index contributed by atoms with van der Waals surface area (Å²) in [4.78, 5) is 12.0. The summed E-state index contributed by atoms with van der Waals surface area (Å²) < 4.78 is 0. The van der Waals surface area contributed by atoms with Crippen molar-refractivity contribution in [3.8, 4) is 0 Å². The van der Waals surface area contributed by atoms with Crippen molar-refractivity contribution in [3.63, 3.8) is 0 Å². The van der Waals surface area contributed by atoms with Crippen LogP contribution in [0.2, 0.25) is 0 Å². The Morgan fingerprint density at radius 2 is 1.90 bits per heavy atom. The number of nitrogens with zero attached hydrogens (tertiary/aromatic N) is 3. The maximum Gasteiger partial charge on any atom is 0.136 e. The van der Waals surface area contributed by atoms with Gasteiger partial charge in [0.25, 0.3) is 0 Å². The van der Waals surface area contributed by atoms with Crippen molar-refractivity contribution in [1.82, 2.24) is 14.9 Å². The summed E-state index contributed by atoms with van der Waals surface area (Å²) in [5.41, 5.74) is 0. The predicted octanol–water partition coefficient (Wildman–Crippen LogP) is 2.43. The van der Waals surface area contributed by atoms with Crippen molar-refractivity contribution in [3.05, 3.63) is 11.9 Å². The highest BCUT2D eigenvalue weighted by molar-refractivity contribution is 5.48. The van der Waals surface area contributed by atoms with Gasteiger partial charge in [0.15, 0.2) is 0 Å². The van der Waals surface area contributed by atoms with Crippen LogP contribution in [-0.2, 0) is 0 Å². The number of hydrogen-bond acceptors (Lipinski definition) is 5. The maximum atomic E-state index is 4.76. The molecule has 2 atom stereocenters. The van der Waals surface area contributed by atoms with E-state index in [9.17, 15) is 0 Å². The Balaban J connectivity index is 1.52. The quantitative estimate of drug-likeness (QED) is 0.891. The molecule has 0 amide bonds. The molecular formula is C16H25N5. The molecule has 3 aliphatic rings. The average Bonchev–Trinajstić information content (AvgIpc) is 3.30. The molecule has 1 aliphatic carbocycles. The van der Waals surface area contributed by atoms with Gasteiger partial charge in [0.2, 0.25) is 0 Å². The summed E-state index contributed by atoms with van der Waals surface area (Å²) in [5.74, 6) is 3.55. The van der Waals surface area contributed by atoms with Crippen molar-refractivity contribution in [2.45, 2.75) is 56.5 Å². The van der Waals surface area contributed by atoms with Gasteiger partial charge in [-0.3, -0.25) is 4.90 Å². The third-order valence-electron chi connectivity index (χ3n) is 5.13. The van der Waals surface area contributed by atoms with Crippen LogP contribution in [0.4, 0.5) is 11.6 Å². The summed E-state index contributed by atoms with van der Waals surface area (Å²) in [7, 11) is 1.93. The zero-order chi connectivity index (χ0) is 14.2. The van der Waals surface area contributed by atoms with Gasteiger partial charge in [-0.05, 0) is 38.6 Å². The molecule has 0 aromatic carbocycles. The molecule has 0 spiro atoms. The molecular weight excluding hydrogens is 262 g/mol. The van der Waals surface area contributed by atoms with E-state index in [-0.39, 0.29) is 0 Å². The summed E-state index contributed by atoms with van der Waals surface area (Å²) in [6.07, 6.45) is 7.79. The van der Waals surface area contributed by atoms with E-state index in [4.69, 9.17) is 4.98 Å². The molecule has 2 N–H and O–H groups in total. The van der Waals surface area contributed by atoms with Crippen molar-refractivity contribution in [2.75, 3.05) is 30.8 Å². The zero-order valence-corrected chi connectivity index (χ0v) is 12.8. The number of rotatable bonds is 4. The third kappa shape index (κ3) is 2.71. The topological polar surface area (TPSA) is 53.1 Å². The fraction of sp³-hybridized carbons (Fsp3) is 0.750. The molecule has 2 unspecified atom stereocenters. The number of hydrogen-bond donors (Lipinski definition) is 2. The smallest absolute Gasteiger partial charge is 0.136 e. The Morgan fingerprint density at radius 1 is 1.05 bits per heavy atom. The Hall–Kier alpha value is -1.36. The van der Waals surface area contributed by atoms with Gasteiger partial charge in [-0.15, -0.1) is 0 Å². The first-order valence-electron chi connectivity index (χ1n) is 8.41. The van der Waals surface area contributed by atoms with Crippen molar-refractivity contribution >= 4 is 11.6 Å². The van der Waals surface area contributed by atoms with Gasteiger partial charge in [-0.25, -0.2) is 9.97 Å². The van der Waals surface area contributed by atoms with Gasteiger partial charge < -0.3 is 10.6 Å². The second-order valence-corrected chi connectivity index (χ2v) is 6.66. The van der Waals surface area contributed by atoms with E-state index >= 15 is 0 Å². The average molecular weight is 287 g/mol. The van der Waals surface area contributed by atoms with E-state index in [0.717, 1.165) is 17.5 Å². The molecule has 21 heavy (non-hydrogen) atoms. The standard InChI is InChI=1S/C16H25N5/c1-17-14-10-15(20-16(19-14)11-5-6-11)18-12-7-9-21-8-3-2-4-13(12)21/h10-13H,2-9H2,1H3,(H2,17,18,19,20). The third-order valence-corrected chi connectivity index (χ3v) is 5.13. The fourth-order valence-electron chi connectivity index (χ4n) is 3.80. The number of anilines is 2. The minimum atomic E-state index is 0.553. The molecule has 5 nitrogen and oxygen atoms in total. The normalized spacial score (nSPS) is 29.2. The molecule has 0 radical (unpaired) electrons. The van der Waals surface area contributed by atoms with E-state index in [1.165, 1.54) is 51.6 Å². The molecule has 0 bridgehead atoms. The first-order chi connectivity index (χ1) is 10.3. The summed E-state index contributed by atoms with van der Waals surface area (Å²) in [5, 5.41) is 6.88. The zero-order valence-electron chi connectivity index (χ0n) is 12.8. The highest BCUT2D eigenvalue weighted by atomic mass is 15.2. The lowest BCUT2D eigenvalue weighted by Crippen LogP contribution is -2.41. The van der Waals surface area contributed by atoms with Crippen LogP contribution in [0.3, 0.4) is 0 Å². The Labute approximate surface area is 126 Å². The van der Waals surface area contributed by atoms with Crippen LogP contribution in [0.15, 0.2) is 6.07 Å². The van der Waals surface area contributed by atoms with E-state index in [1.54, 1.807) is 0 Å². The number of piperidine rings is 1. The second-order valence-electron chi connectivity index (χ2n) is 6.66. The molecule has 2 saturated heterocycles. The summed E-state index contributed by atoms with van der Waals surface area (Å²) in [6, 6.07) is 3.31. The second kappa shape index (κ2) is 5.44. The molecule has 1 saturated carbocycles. The van der Waals surface area contributed by atoms with E-state index < -0.39 is 0 Å². The van der Waals surface area contributed by atoms with Gasteiger partial charge in [0.05, 0.1) is 0 Å². The van der Waals surface area contributed by atoms with Crippen LogP contribution in [0.25, 0.3) is 0 Å². The Morgan fingerprint density at radius 3 is 2.71 bits per heavy atom. The number of nitrogens with one attached hydrogen (secondary N) is 2. The largest absolute Gasteiger partial charge is 0.373 e. The van der Waals surface area contributed by atoms with Gasteiger partial charge in [0.1, 0.15) is 17.5 Å². The van der Waals surface area contributed by atoms with Crippen LogP contribution in [0.1, 0.15) is 50.3 Å². The minimum absolute atomic E-state index is 0.553. The monoisotopic (exact) mass is 287 g/mol. The number of aromatic nitrogens is 2.